The highest BCUT2D eigenvalue weighted by Crippen LogP contribution is 2.39. The van der Waals surface area contributed by atoms with Gasteiger partial charge in [-0.3, -0.25) is 14.5 Å². The number of aromatic nitrogens is 3. The van der Waals surface area contributed by atoms with Gasteiger partial charge in [-0.25, -0.2) is 4.68 Å². The van der Waals surface area contributed by atoms with Crippen LogP contribution in [0.3, 0.4) is 0 Å². The van der Waals surface area contributed by atoms with Crippen molar-refractivity contribution in [2.75, 3.05) is 19.1 Å². The van der Waals surface area contributed by atoms with E-state index in [1.165, 1.54) is 18.4 Å². The molecule has 0 radical (unpaired) electrons. The normalized spacial score (nSPS) is 14.5. The van der Waals surface area contributed by atoms with E-state index in [0.29, 0.717) is 28.3 Å². The number of benzene rings is 3. The Kier molecular flexibility index (Phi) is 8.05. The number of hydrogen-bond acceptors (Lipinski definition) is 6. The molecule has 3 aromatic carbocycles. The van der Waals surface area contributed by atoms with Crippen LogP contribution >= 0.6 is 0 Å². The molecule has 0 saturated heterocycles. The molecule has 1 aromatic heterocycles. The highest BCUT2D eigenvalue weighted by molar-refractivity contribution is 6.02. The van der Waals surface area contributed by atoms with Gasteiger partial charge in [0.2, 0.25) is 11.8 Å². The number of nitrogens with zero attached hydrogens (tertiary/aromatic N) is 4. The number of amides is 2. The Balaban J connectivity index is 1.61. The molecule has 202 valence electrons. The van der Waals surface area contributed by atoms with E-state index < -0.39 is 6.04 Å². The van der Waals surface area contributed by atoms with Crippen LogP contribution in [0, 0.1) is 0 Å². The van der Waals surface area contributed by atoms with E-state index in [0.717, 1.165) is 31.2 Å². The molecule has 1 aliphatic rings. The fraction of sp³-hybridized carbons (Fsp3) is 0.333. The summed E-state index contributed by atoms with van der Waals surface area (Å²) in [4.78, 5) is 29.9. The van der Waals surface area contributed by atoms with Gasteiger partial charge in [0.25, 0.3) is 0 Å². The molecule has 1 aliphatic carbocycles. The number of ether oxygens (including phenoxy) is 2. The zero-order valence-electron chi connectivity index (χ0n) is 22.2. The van der Waals surface area contributed by atoms with Gasteiger partial charge in [0.1, 0.15) is 18.1 Å². The molecule has 0 spiro atoms. The second-order valence-electron chi connectivity index (χ2n) is 9.66. The second kappa shape index (κ2) is 12.0. The van der Waals surface area contributed by atoms with E-state index in [1.54, 1.807) is 30.0 Å². The topological polar surface area (TPSA) is 98.6 Å². The first kappa shape index (κ1) is 26.2. The lowest BCUT2D eigenvalue weighted by atomic mass is 9.94. The first-order chi connectivity index (χ1) is 19.1. The number of para-hydroxylation sites is 3. The third-order valence-corrected chi connectivity index (χ3v) is 7.19. The molecule has 1 N–H and O–H groups in total. The second-order valence-corrected chi connectivity index (χ2v) is 9.66. The lowest BCUT2D eigenvalue weighted by Gasteiger charge is -2.34. The van der Waals surface area contributed by atoms with Crippen molar-refractivity contribution < 1.29 is 19.1 Å². The maximum Gasteiger partial charge on any atom is 0.249 e. The smallest absolute Gasteiger partial charge is 0.249 e. The minimum absolute atomic E-state index is 0.0531. The van der Waals surface area contributed by atoms with Crippen LogP contribution in [0.4, 0.5) is 5.69 Å². The maximum absolute atomic E-state index is 14.2. The summed E-state index contributed by atoms with van der Waals surface area (Å²) in [6.07, 6.45) is 5.13. The summed E-state index contributed by atoms with van der Waals surface area (Å²) in [5, 5.41) is 11.6. The first-order valence-electron chi connectivity index (χ1n) is 13.3. The molecule has 4 aromatic rings. The average Bonchev–Trinajstić information content (AvgIpc) is 3.38. The lowest BCUT2D eigenvalue weighted by Crippen LogP contribution is -2.48. The summed E-state index contributed by atoms with van der Waals surface area (Å²) in [5.74, 6) is 0.302. The fourth-order valence-electron chi connectivity index (χ4n) is 5.32. The molecule has 0 bridgehead atoms. The number of fused-ring (bicyclic) bond motifs is 1. The molecule has 2 amide bonds. The van der Waals surface area contributed by atoms with Gasteiger partial charge >= 0.3 is 0 Å². The van der Waals surface area contributed by atoms with E-state index >= 15 is 0 Å². The number of rotatable bonds is 9. The van der Waals surface area contributed by atoms with Crippen molar-refractivity contribution in [2.24, 2.45) is 0 Å². The predicted octanol–water partition coefficient (Wildman–Crippen LogP) is 4.67. The Morgan fingerprint density at radius 3 is 2.44 bits per heavy atom. The van der Waals surface area contributed by atoms with Crippen LogP contribution in [0.1, 0.15) is 43.7 Å². The van der Waals surface area contributed by atoms with Crippen LogP contribution in [0.15, 0.2) is 72.8 Å². The van der Waals surface area contributed by atoms with Crippen molar-refractivity contribution >= 4 is 28.5 Å². The molecular weight excluding hydrogens is 494 g/mol. The zero-order valence-corrected chi connectivity index (χ0v) is 22.2. The van der Waals surface area contributed by atoms with Crippen LogP contribution in [0.2, 0.25) is 0 Å². The molecule has 1 fully saturated rings. The van der Waals surface area contributed by atoms with Gasteiger partial charge in [-0.2, -0.15) is 0 Å². The Labute approximate surface area is 227 Å². The molecule has 9 heteroatoms. The quantitative estimate of drug-likeness (QED) is 0.340. The monoisotopic (exact) mass is 527 g/mol. The molecule has 1 heterocycles. The number of anilines is 1. The highest BCUT2D eigenvalue weighted by Gasteiger charge is 2.37. The molecule has 5 rings (SSSR count). The van der Waals surface area contributed by atoms with Crippen LogP contribution < -0.4 is 19.7 Å². The third-order valence-electron chi connectivity index (χ3n) is 7.19. The standard InChI is InChI=1S/C30H33N5O4/c1-38-26-19-11-16-23(29(26)39-2)28(30(37)31-21-12-5-3-6-13-21)35(22-14-7-4-8-15-22)27(36)20-34-25-18-10-9-17-24(25)32-33-34/h4,7-11,14-19,21,28H,3,5-6,12-13,20H2,1-2H3,(H,31,37). The Morgan fingerprint density at radius 2 is 1.69 bits per heavy atom. The van der Waals surface area contributed by atoms with Crippen molar-refractivity contribution in [2.45, 2.75) is 50.7 Å². The summed E-state index contributed by atoms with van der Waals surface area (Å²) < 4.78 is 12.9. The van der Waals surface area contributed by atoms with Crippen molar-refractivity contribution in [1.82, 2.24) is 20.3 Å². The van der Waals surface area contributed by atoms with Gasteiger partial charge < -0.3 is 14.8 Å². The largest absolute Gasteiger partial charge is 0.493 e. The average molecular weight is 528 g/mol. The van der Waals surface area contributed by atoms with Crippen molar-refractivity contribution in [3.8, 4) is 11.5 Å². The van der Waals surface area contributed by atoms with E-state index in [9.17, 15) is 9.59 Å². The van der Waals surface area contributed by atoms with Gasteiger partial charge in [0, 0.05) is 17.3 Å². The molecule has 1 atom stereocenters. The highest BCUT2D eigenvalue weighted by atomic mass is 16.5. The summed E-state index contributed by atoms with van der Waals surface area (Å²) in [5.41, 5.74) is 2.55. The van der Waals surface area contributed by atoms with Gasteiger partial charge in [0.15, 0.2) is 11.5 Å². The molecule has 0 aliphatic heterocycles. The van der Waals surface area contributed by atoms with E-state index in [2.05, 4.69) is 15.6 Å². The molecule has 39 heavy (non-hydrogen) atoms. The number of hydrogen-bond donors (Lipinski definition) is 1. The summed E-state index contributed by atoms with van der Waals surface area (Å²) in [7, 11) is 3.09. The Bertz CT molecular complexity index is 1430. The van der Waals surface area contributed by atoms with E-state index in [-0.39, 0.29) is 24.4 Å². The number of nitrogens with one attached hydrogen (secondary N) is 1. The number of carbonyl (C=O) groups is 2. The van der Waals surface area contributed by atoms with Crippen molar-refractivity contribution in [3.63, 3.8) is 0 Å². The summed E-state index contributed by atoms with van der Waals surface area (Å²) in [6.45, 7) is -0.102. The van der Waals surface area contributed by atoms with E-state index in [1.807, 2.05) is 54.6 Å². The molecular formula is C30H33N5O4. The van der Waals surface area contributed by atoms with Crippen LogP contribution in [-0.2, 0) is 16.1 Å². The minimum Gasteiger partial charge on any atom is -0.493 e. The van der Waals surface area contributed by atoms with Gasteiger partial charge in [-0.05, 0) is 43.2 Å². The van der Waals surface area contributed by atoms with Crippen molar-refractivity contribution in [3.05, 3.63) is 78.4 Å². The molecule has 1 saturated carbocycles. The third kappa shape index (κ3) is 5.57. The Hall–Kier alpha value is -4.40. The number of carbonyl (C=O) groups excluding carboxylic acids is 2. The van der Waals surface area contributed by atoms with Gasteiger partial charge in [-0.15, -0.1) is 5.10 Å². The fourth-order valence-corrected chi connectivity index (χ4v) is 5.32. The number of methoxy groups -OCH3 is 2. The maximum atomic E-state index is 14.2. The lowest BCUT2D eigenvalue weighted by molar-refractivity contribution is -0.127. The minimum atomic E-state index is -1.01. The van der Waals surface area contributed by atoms with E-state index in [4.69, 9.17) is 9.47 Å². The predicted molar refractivity (Wildman–Crippen MR) is 149 cm³/mol. The van der Waals surface area contributed by atoms with Gasteiger partial charge in [0.05, 0.1) is 19.7 Å². The van der Waals surface area contributed by atoms with Gasteiger partial charge in [-0.1, -0.05) is 66.9 Å². The molecule has 9 nitrogen and oxygen atoms in total. The first-order valence-corrected chi connectivity index (χ1v) is 13.3. The molecule has 1 unspecified atom stereocenters. The van der Waals surface area contributed by atoms with Crippen LogP contribution in [0.25, 0.3) is 11.0 Å². The Morgan fingerprint density at radius 1 is 0.949 bits per heavy atom. The van der Waals surface area contributed by atoms with Crippen molar-refractivity contribution in [1.29, 1.82) is 0 Å². The van der Waals surface area contributed by atoms with Crippen LogP contribution in [0.5, 0.6) is 11.5 Å². The summed E-state index contributed by atoms with van der Waals surface area (Å²) in [6, 6.07) is 21.1. The summed E-state index contributed by atoms with van der Waals surface area (Å²) >= 11 is 0. The van der Waals surface area contributed by atoms with Crippen LogP contribution in [-0.4, -0.2) is 47.1 Å². The zero-order chi connectivity index (χ0) is 27.2. The SMILES string of the molecule is COc1cccc(C(C(=O)NC2CCCCC2)N(C(=O)Cn2nnc3ccccc32)c2ccccc2)c1OC.